The van der Waals surface area contributed by atoms with Crippen LogP contribution in [0.15, 0.2) is 54.9 Å². The summed E-state index contributed by atoms with van der Waals surface area (Å²) in [6.45, 7) is 4.14. The Morgan fingerprint density at radius 3 is 2.54 bits per heavy atom. The lowest BCUT2D eigenvalue weighted by atomic mass is 9.90. The van der Waals surface area contributed by atoms with Gasteiger partial charge in [-0.05, 0) is 32.3 Å². The van der Waals surface area contributed by atoms with E-state index >= 15 is 0 Å². The van der Waals surface area contributed by atoms with Crippen molar-refractivity contribution in [3.05, 3.63) is 66.1 Å². The number of amides is 1. The second-order valence-electron chi connectivity index (χ2n) is 10.7. The Bertz CT molecular complexity index is 1530. The Morgan fingerprint density at radius 2 is 1.85 bits per heavy atom. The highest BCUT2D eigenvalue weighted by atomic mass is 16.3. The van der Waals surface area contributed by atoms with Gasteiger partial charge in [0.1, 0.15) is 5.82 Å². The molecule has 10 heteroatoms. The zero-order chi connectivity index (χ0) is 29.0. The van der Waals surface area contributed by atoms with Gasteiger partial charge < -0.3 is 20.4 Å². The number of aliphatic hydroxyl groups excluding tert-OH is 2. The van der Waals surface area contributed by atoms with Gasteiger partial charge >= 0.3 is 0 Å². The van der Waals surface area contributed by atoms with E-state index in [0.717, 1.165) is 28.8 Å². The van der Waals surface area contributed by atoms with E-state index in [4.69, 9.17) is 4.98 Å². The summed E-state index contributed by atoms with van der Waals surface area (Å²) in [5.74, 6) is 0.372. The molecule has 41 heavy (non-hydrogen) atoms. The predicted molar refractivity (Wildman–Crippen MR) is 157 cm³/mol. The lowest BCUT2D eigenvalue weighted by Gasteiger charge is -2.32. The number of nitrogens with one attached hydrogen (secondary N) is 1. The first kappa shape index (κ1) is 28.4. The molecular formula is C31H36N6O4. The predicted octanol–water partition coefficient (Wildman–Crippen LogP) is 3.62. The molecule has 4 heterocycles. The van der Waals surface area contributed by atoms with Crippen LogP contribution < -0.4 is 5.32 Å². The number of aliphatic hydroxyl groups is 2. The van der Waals surface area contributed by atoms with Crippen LogP contribution in [-0.2, 0) is 11.2 Å². The van der Waals surface area contributed by atoms with Gasteiger partial charge in [-0.25, -0.2) is 4.98 Å². The monoisotopic (exact) mass is 556 g/mol. The fraction of sp³-hybridized carbons (Fsp3) is 0.387. The Balaban J connectivity index is 1.45. The summed E-state index contributed by atoms with van der Waals surface area (Å²) in [6.07, 6.45) is 5.72. The van der Waals surface area contributed by atoms with Gasteiger partial charge in [-0.3, -0.25) is 14.6 Å². The summed E-state index contributed by atoms with van der Waals surface area (Å²) < 4.78 is 1.69. The number of Topliss-reactive ketones (excluding diaryl/α,β-unsaturated/α-hetero) is 1. The highest BCUT2D eigenvalue weighted by Gasteiger charge is 2.35. The molecule has 3 N–H and O–H groups in total. The van der Waals surface area contributed by atoms with Gasteiger partial charge in [-0.1, -0.05) is 43.3 Å². The fourth-order valence-corrected chi connectivity index (χ4v) is 5.22. The number of rotatable bonds is 11. The SMILES string of the molecule is CCCN(CCCc1nc2c(-c3ccc(-c4ccccc4)nc3)cnn2c2c1C(=O)CCN2)C(=O)C(C)(CO)CO. The van der Waals surface area contributed by atoms with Crippen LogP contribution in [0.1, 0.15) is 49.2 Å². The van der Waals surface area contributed by atoms with Gasteiger partial charge in [0.15, 0.2) is 11.4 Å². The first-order chi connectivity index (χ1) is 19.9. The minimum atomic E-state index is -1.23. The van der Waals surface area contributed by atoms with E-state index in [0.29, 0.717) is 61.6 Å². The van der Waals surface area contributed by atoms with Crippen molar-refractivity contribution in [2.75, 3.05) is 38.2 Å². The van der Waals surface area contributed by atoms with Gasteiger partial charge in [-0.2, -0.15) is 9.61 Å². The smallest absolute Gasteiger partial charge is 0.233 e. The van der Waals surface area contributed by atoms with Crippen LogP contribution >= 0.6 is 0 Å². The minimum Gasteiger partial charge on any atom is -0.395 e. The van der Waals surface area contributed by atoms with Crippen LogP contribution in [0.4, 0.5) is 5.82 Å². The Kier molecular flexibility index (Phi) is 8.41. The number of carbonyl (C=O) groups excluding carboxylic acids is 2. The van der Waals surface area contributed by atoms with Crippen molar-refractivity contribution in [2.24, 2.45) is 5.41 Å². The number of hydrogen-bond acceptors (Lipinski definition) is 8. The molecule has 214 valence electrons. The third-order valence-corrected chi connectivity index (χ3v) is 7.63. The van der Waals surface area contributed by atoms with Gasteiger partial charge in [0.25, 0.3) is 0 Å². The lowest BCUT2D eigenvalue weighted by molar-refractivity contribution is -0.146. The van der Waals surface area contributed by atoms with Crippen molar-refractivity contribution in [1.82, 2.24) is 24.5 Å². The molecule has 0 unspecified atom stereocenters. The van der Waals surface area contributed by atoms with Crippen molar-refractivity contribution in [3.8, 4) is 22.4 Å². The number of aromatic nitrogens is 4. The van der Waals surface area contributed by atoms with E-state index in [1.165, 1.54) is 0 Å². The number of benzene rings is 1. The molecule has 0 fully saturated rings. The number of nitrogens with zero attached hydrogens (tertiary/aromatic N) is 5. The molecule has 0 saturated heterocycles. The number of fused-ring (bicyclic) bond motifs is 3. The molecule has 0 radical (unpaired) electrons. The average molecular weight is 557 g/mol. The van der Waals surface area contributed by atoms with E-state index < -0.39 is 18.6 Å². The van der Waals surface area contributed by atoms with Crippen LogP contribution in [0.5, 0.6) is 0 Å². The fourth-order valence-electron chi connectivity index (χ4n) is 5.22. The van der Waals surface area contributed by atoms with E-state index in [2.05, 4.69) is 15.4 Å². The van der Waals surface area contributed by atoms with Crippen molar-refractivity contribution in [1.29, 1.82) is 0 Å². The van der Waals surface area contributed by atoms with E-state index in [-0.39, 0.29) is 11.7 Å². The van der Waals surface area contributed by atoms with Crippen molar-refractivity contribution in [3.63, 3.8) is 0 Å². The van der Waals surface area contributed by atoms with Crippen LogP contribution in [0, 0.1) is 5.41 Å². The number of anilines is 1. The molecule has 0 aliphatic carbocycles. The molecule has 4 aromatic rings. The zero-order valence-electron chi connectivity index (χ0n) is 23.5. The highest BCUT2D eigenvalue weighted by molar-refractivity contribution is 6.04. The number of hydrogen-bond donors (Lipinski definition) is 3. The van der Waals surface area contributed by atoms with E-state index in [1.807, 2.05) is 55.6 Å². The maximum Gasteiger partial charge on any atom is 0.233 e. The van der Waals surface area contributed by atoms with Crippen molar-refractivity contribution < 1.29 is 19.8 Å². The van der Waals surface area contributed by atoms with Gasteiger partial charge in [0.2, 0.25) is 5.91 Å². The molecule has 0 spiro atoms. The summed E-state index contributed by atoms with van der Waals surface area (Å²) in [4.78, 5) is 37.5. The molecule has 1 aromatic carbocycles. The minimum absolute atomic E-state index is 0.0173. The lowest BCUT2D eigenvalue weighted by Crippen LogP contribution is -2.47. The Morgan fingerprint density at radius 1 is 1.07 bits per heavy atom. The number of pyridine rings is 1. The van der Waals surface area contributed by atoms with E-state index in [9.17, 15) is 19.8 Å². The van der Waals surface area contributed by atoms with Gasteiger partial charge in [-0.15, -0.1) is 0 Å². The van der Waals surface area contributed by atoms with Crippen LogP contribution in [-0.4, -0.2) is 79.2 Å². The summed E-state index contributed by atoms with van der Waals surface area (Å²) in [7, 11) is 0. The molecule has 1 amide bonds. The summed E-state index contributed by atoms with van der Waals surface area (Å²) in [5.41, 5.74) is 4.18. The second kappa shape index (κ2) is 12.2. The van der Waals surface area contributed by atoms with Crippen molar-refractivity contribution >= 4 is 23.2 Å². The normalized spacial score (nSPS) is 13.2. The summed E-state index contributed by atoms with van der Waals surface area (Å²) in [5, 5.41) is 27.4. The quantitative estimate of drug-likeness (QED) is 0.255. The highest BCUT2D eigenvalue weighted by Crippen LogP contribution is 2.32. The van der Waals surface area contributed by atoms with Crippen LogP contribution in [0.2, 0.25) is 0 Å². The van der Waals surface area contributed by atoms with E-state index in [1.54, 1.807) is 22.5 Å². The molecule has 5 rings (SSSR count). The summed E-state index contributed by atoms with van der Waals surface area (Å²) >= 11 is 0. The van der Waals surface area contributed by atoms with Crippen LogP contribution in [0.3, 0.4) is 0 Å². The molecule has 0 saturated carbocycles. The van der Waals surface area contributed by atoms with Gasteiger partial charge in [0, 0.05) is 48.9 Å². The molecule has 10 nitrogen and oxygen atoms in total. The zero-order valence-corrected chi connectivity index (χ0v) is 23.5. The van der Waals surface area contributed by atoms with Gasteiger partial charge in [0.05, 0.1) is 41.8 Å². The largest absolute Gasteiger partial charge is 0.395 e. The third-order valence-electron chi connectivity index (χ3n) is 7.63. The average Bonchev–Trinajstić information content (AvgIpc) is 3.44. The number of carbonyl (C=O) groups is 2. The molecular weight excluding hydrogens is 520 g/mol. The van der Waals surface area contributed by atoms with Crippen LogP contribution in [0.25, 0.3) is 28.0 Å². The molecule has 1 aliphatic heterocycles. The standard InChI is InChI=1S/C31H36N6O4/c1-3-15-36(30(41)31(2,19-38)20-39)16-7-10-25-27-26(40)13-14-32-29(27)37-28(35-25)23(18-34-37)22-11-12-24(33-17-22)21-8-5-4-6-9-21/h4-6,8-9,11-12,17-18,32,38-39H,3,7,10,13-16,19-20H2,1-2H3. The maximum absolute atomic E-state index is 13.1. The topological polar surface area (TPSA) is 133 Å². The first-order valence-corrected chi connectivity index (χ1v) is 14.1. The maximum atomic E-state index is 13.1. The first-order valence-electron chi connectivity index (χ1n) is 14.1. The molecule has 0 atom stereocenters. The molecule has 1 aliphatic rings. The molecule has 3 aromatic heterocycles. The third kappa shape index (κ3) is 5.57. The van der Waals surface area contributed by atoms with Crippen molar-refractivity contribution in [2.45, 2.75) is 39.5 Å². The Labute approximate surface area is 239 Å². The molecule has 0 bridgehead atoms. The Hall–Kier alpha value is -4.15. The summed E-state index contributed by atoms with van der Waals surface area (Å²) in [6, 6.07) is 13.9. The number of aryl methyl sites for hydroxylation is 1. The second-order valence-corrected chi connectivity index (χ2v) is 10.7. The number of ketones is 1.